The van der Waals surface area contributed by atoms with E-state index in [-0.39, 0.29) is 11.1 Å². The molecule has 2 heterocycles. The maximum Gasteiger partial charge on any atom is 0.338 e. The van der Waals surface area contributed by atoms with Gasteiger partial charge in [-0.05, 0) is 43.2 Å². The highest BCUT2D eigenvalue weighted by Crippen LogP contribution is 2.17. The molecule has 8 heteroatoms. The summed E-state index contributed by atoms with van der Waals surface area (Å²) < 4.78 is 6.82. The number of esters is 1. The summed E-state index contributed by atoms with van der Waals surface area (Å²) in [6, 6.07) is 13.1. The Morgan fingerprint density at radius 3 is 2.84 bits per heavy atom. The number of aromatic nitrogens is 2. The summed E-state index contributed by atoms with van der Waals surface area (Å²) in [5.74, 6) is -0.517. The Labute approximate surface area is 178 Å². The van der Waals surface area contributed by atoms with Gasteiger partial charge in [0.05, 0.1) is 27.7 Å². The number of para-hydroxylation sites is 1. The normalized spacial score (nSPS) is 13.0. The zero-order valence-corrected chi connectivity index (χ0v) is 16.8. The first kappa shape index (κ1) is 20.3. The van der Waals surface area contributed by atoms with E-state index in [2.05, 4.69) is 10.3 Å². The van der Waals surface area contributed by atoms with Gasteiger partial charge in [-0.3, -0.25) is 14.2 Å². The summed E-state index contributed by atoms with van der Waals surface area (Å²) in [6.45, 7) is 0.155. The smallest absolute Gasteiger partial charge is 0.338 e. The number of hydrogen-bond acceptors (Lipinski definition) is 6. The lowest BCUT2D eigenvalue weighted by Gasteiger charge is -2.11. The molecule has 0 saturated carbocycles. The van der Waals surface area contributed by atoms with Crippen molar-refractivity contribution in [2.45, 2.75) is 32.2 Å². The maximum atomic E-state index is 12.8. The third-order valence-electron chi connectivity index (χ3n) is 5.21. The van der Waals surface area contributed by atoms with E-state index in [1.807, 2.05) is 6.07 Å². The number of nitriles is 1. The molecule has 0 bridgehead atoms. The fourth-order valence-electron chi connectivity index (χ4n) is 3.64. The monoisotopic (exact) mass is 416 g/mol. The molecule has 8 nitrogen and oxygen atoms in total. The number of carbonyl (C=O) groups excluding carboxylic acids is 2. The van der Waals surface area contributed by atoms with Crippen LogP contribution in [0.5, 0.6) is 0 Å². The molecule has 31 heavy (non-hydrogen) atoms. The summed E-state index contributed by atoms with van der Waals surface area (Å²) in [7, 11) is 0. The molecule has 0 fully saturated rings. The number of aryl methyl sites for hydroxylation is 1. The number of nitrogens with zero attached hydrogens (tertiary/aromatic N) is 3. The number of carbonyl (C=O) groups is 2. The van der Waals surface area contributed by atoms with Crippen molar-refractivity contribution in [3.8, 4) is 6.07 Å². The van der Waals surface area contributed by atoms with Crippen molar-refractivity contribution in [2.75, 3.05) is 11.9 Å². The van der Waals surface area contributed by atoms with Crippen molar-refractivity contribution in [2.24, 2.45) is 0 Å². The van der Waals surface area contributed by atoms with Crippen LogP contribution in [0.1, 0.15) is 41.0 Å². The van der Waals surface area contributed by atoms with Gasteiger partial charge < -0.3 is 10.1 Å². The quantitative estimate of drug-likeness (QED) is 0.654. The Bertz CT molecular complexity index is 1270. The third-order valence-corrected chi connectivity index (χ3v) is 5.21. The van der Waals surface area contributed by atoms with E-state index in [4.69, 9.17) is 10.00 Å². The van der Waals surface area contributed by atoms with Gasteiger partial charge in [0.2, 0.25) is 0 Å². The lowest BCUT2D eigenvalue weighted by atomic mass is 10.1. The highest BCUT2D eigenvalue weighted by molar-refractivity contribution is 5.97. The Morgan fingerprint density at radius 2 is 2.00 bits per heavy atom. The fraction of sp³-hybridized carbons (Fsp3) is 0.261. The topological polar surface area (TPSA) is 114 Å². The molecule has 1 N–H and O–H groups in total. The first-order valence-electron chi connectivity index (χ1n) is 10.1. The maximum absolute atomic E-state index is 12.8. The molecule has 1 aliphatic rings. The zero-order valence-electron chi connectivity index (χ0n) is 16.8. The van der Waals surface area contributed by atoms with Gasteiger partial charge >= 0.3 is 5.97 Å². The molecule has 0 unspecified atom stereocenters. The summed E-state index contributed by atoms with van der Waals surface area (Å²) in [4.78, 5) is 41.9. The van der Waals surface area contributed by atoms with Gasteiger partial charge in [-0.25, -0.2) is 9.78 Å². The van der Waals surface area contributed by atoms with E-state index >= 15 is 0 Å². The molecule has 1 aliphatic heterocycles. The molecule has 156 valence electrons. The second-order valence-electron chi connectivity index (χ2n) is 7.31. The SMILES string of the molecule is N#Cc1ccccc1NC(=O)COC(=O)c1ccc2c(=O)n3c(nc2c1)CCCCC3. The van der Waals surface area contributed by atoms with E-state index < -0.39 is 18.5 Å². The molecule has 0 saturated heterocycles. The van der Waals surface area contributed by atoms with Gasteiger partial charge in [0, 0.05) is 13.0 Å². The molecular formula is C23H20N4O4. The minimum Gasteiger partial charge on any atom is -0.452 e. The summed E-state index contributed by atoms with van der Waals surface area (Å²) >= 11 is 0. The van der Waals surface area contributed by atoms with Gasteiger partial charge in [0.1, 0.15) is 11.9 Å². The first-order chi connectivity index (χ1) is 15.1. The Hall–Kier alpha value is -3.99. The van der Waals surface area contributed by atoms with Gasteiger partial charge in [-0.15, -0.1) is 0 Å². The van der Waals surface area contributed by atoms with Crippen LogP contribution in [0, 0.1) is 11.3 Å². The number of benzene rings is 2. The van der Waals surface area contributed by atoms with Crippen LogP contribution < -0.4 is 10.9 Å². The average Bonchev–Trinajstić information content (AvgIpc) is 3.03. The van der Waals surface area contributed by atoms with Gasteiger partial charge in [0.25, 0.3) is 11.5 Å². The predicted molar refractivity (Wildman–Crippen MR) is 114 cm³/mol. The third kappa shape index (κ3) is 4.31. The first-order valence-corrected chi connectivity index (χ1v) is 10.1. The van der Waals surface area contributed by atoms with Crippen LogP contribution in [-0.2, 0) is 22.5 Å². The molecule has 2 aromatic carbocycles. The van der Waals surface area contributed by atoms with Crippen LogP contribution in [-0.4, -0.2) is 28.0 Å². The number of nitrogens with one attached hydrogen (secondary N) is 1. The molecule has 1 aromatic heterocycles. The summed E-state index contributed by atoms with van der Waals surface area (Å²) in [5.41, 5.74) is 1.22. The number of rotatable bonds is 4. The van der Waals surface area contributed by atoms with Crippen LogP contribution in [0.3, 0.4) is 0 Å². The fourth-order valence-corrected chi connectivity index (χ4v) is 3.64. The molecule has 4 rings (SSSR count). The van der Waals surface area contributed by atoms with Gasteiger partial charge in [-0.1, -0.05) is 18.6 Å². The zero-order chi connectivity index (χ0) is 21.8. The number of hydrogen-bond donors (Lipinski definition) is 1. The van der Waals surface area contributed by atoms with E-state index in [0.29, 0.717) is 28.7 Å². The van der Waals surface area contributed by atoms with E-state index in [1.54, 1.807) is 34.9 Å². The highest BCUT2D eigenvalue weighted by atomic mass is 16.5. The number of anilines is 1. The molecule has 0 atom stereocenters. The molecular weight excluding hydrogens is 396 g/mol. The van der Waals surface area contributed by atoms with E-state index in [9.17, 15) is 14.4 Å². The molecule has 0 aliphatic carbocycles. The Balaban J connectivity index is 1.48. The van der Waals surface area contributed by atoms with Crippen LogP contribution >= 0.6 is 0 Å². The molecule has 3 aromatic rings. The Kier molecular flexibility index (Phi) is 5.76. The highest BCUT2D eigenvalue weighted by Gasteiger charge is 2.17. The van der Waals surface area contributed by atoms with Crippen LogP contribution in [0.2, 0.25) is 0 Å². The van der Waals surface area contributed by atoms with Crippen LogP contribution in [0.25, 0.3) is 10.9 Å². The average molecular weight is 416 g/mol. The largest absolute Gasteiger partial charge is 0.452 e. The van der Waals surface area contributed by atoms with Crippen molar-refractivity contribution < 1.29 is 14.3 Å². The van der Waals surface area contributed by atoms with Crippen molar-refractivity contribution >= 4 is 28.5 Å². The van der Waals surface area contributed by atoms with E-state index in [1.165, 1.54) is 12.1 Å². The lowest BCUT2D eigenvalue weighted by molar-refractivity contribution is -0.119. The van der Waals surface area contributed by atoms with Crippen molar-refractivity contribution in [1.82, 2.24) is 9.55 Å². The minimum absolute atomic E-state index is 0.0997. The van der Waals surface area contributed by atoms with Gasteiger partial charge in [0.15, 0.2) is 6.61 Å². The number of amides is 1. The Morgan fingerprint density at radius 1 is 1.16 bits per heavy atom. The second kappa shape index (κ2) is 8.79. The van der Waals surface area contributed by atoms with Crippen molar-refractivity contribution in [3.05, 3.63) is 69.8 Å². The minimum atomic E-state index is -0.692. The lowest BCUT2D eigenvalue weighted by Crippen LogP contribution is -2.25. The van der Waals surface area contributed by atoms with Crippen molar-refractivity contribution in [3.63, 3.8) is 0 Å². The molecule has 1 amide bonds. The molecule has 0 radical (unpaired) electrons. The summed E-state index contributed by atoms with van der Waals surface area (Å²) in [6.07, 6.45) is 3.71. The van der Waals surface area contributed by atoms with E-state index in [0.717, 1.165) is 31.5 Å². The summed E-state index contributed by atoms with van der Waals surface area (Å²) in [5, 5.41) is 12.1. The number of fused-ring (bicyclic) bond motifs is 2. The predicted octanol–water partition coefficient (Wildman–Crippen LogP) is 2.79. The van der Waals surface area contributed by atoms with Gasteiger partial charge in [-0.2, -0.15) is 5.26 Å². The van der Waals surface area contributed by atoms with Crippen LogP contribution in [0.4, 0.5) is 5.69 Å². The second-order valence-corrected chi connectivity index (χ2v) is 7.31. The standard InChI is InChI=1S/C23H20N4O4/c24-13-16-6-3-4-7-18(16)26-21(28)14-31-23(30)15-9-10-17-19(12-15)25-20-8-2-1-5-11-27(20)22(17)29/h3-4,6-7,9-10,12H,1-2,5,8,11,14H2,(H,26,28). The van der Waals surface area contributed by atoms with Crippen LogP contribution in [0.15, 0.2) is 47.3 Å². The number of ether oxygens (including phenoxy) is 1. The van der Waals surface area contributed by atoms with Crippen molar-refractivity contribution in [1.29, 1.82) is 5.26 Å². The molecule has 0 spiro atoms.